The van der Waals surface area contributed by atoms with Crippen molar-refractivity contribution in [2.75, 3.05) is 6.54 Å². The Kier molecular flexibility index (Phi) is 2.52. The molecular weight excluding hydrogens is 214 g/mol. The van der Waals surface area contributed by atoms with Gasteiger partial charge in [0, 0.05) is 12.6 Å². The number of fused-ring (bicyclic) bond motifs is 1. The molecule has 4 nitrogen and oxygen atoms in total. The van der Waals surface area contributed by atoms with Gasteiger partial charge in [-0.05, 0) is 44.0 Å². The first-order chi connectivity index (χ1) is 8.24. The summed E-state index contributed by atoms with van der Waals surface area (Å²) in [5.41, 5.74) is 3.12. The average molecular weight is 231 g/mol. The molecule has 90 valence electrons. The van der Waals surface area contributed by atoms with Crippen LogP contribution in [0.3, 0.4) is 0 Å². The Morgan fingerprint density at radius 3 is 3.12 bits per heavy atom. The number of aryl methyl sites for hydroxylation is 1. The van der Waals surface area contributed by atoms with Crippen LogP contribution in [0.5, 0.6) is 0 Å². The summed E-state index contributed by atoms with van der Waals surface area (Å²) in [4.78, 5) is 14.8. The lowest BCUT2D eigenvalue weighted by Crippen LogP contribution is -2.31. The fraction of sp³-hybridized carbons (Fsp3) is 0.462. The number of H-pyrrole nitrogens is 1. The molecule has 1 saturated heterocycles. The van der Waals surface area contributed by atoms with Crippen LogP contribution in [-0.4, -0.2) is 22.1 Å². The van der Waals surface area contributed by atoms with E-state index in [2.05, 4.69) is 10.3 Å². The molecule has 0 spiro atoms. The second-order valence-corrected chi connectivity index (χ2v) is 4.85. The minimum Gasteiger partial charge on any atom is -0.312 e. The van der Waals surface area contributed by atoms with Crippen LogP contribution in [0.15, 0.2) is 23.0 Å². The highest BCUT2D eigenvalue weighted by Gasteiger charge is 2.17. The number of benzene rings is 1. The molecule has 0 amide bonds. The summed E-state index contributed by atoms with van der Waals surface area (Å²) in [6.07, 6.45) is 2.37. The maximum absolute atomic E-state index is 11.9. The SMILES string of the molecule is Cc1ccc2c(c1)[nH]c(=O)n2CC1CCCN1. The third kappa shape index (κ3) is 1.89. The van der Waals surface area contributed by atoms with Gasteiger partial charge in [-0.3, -0.25) is 4.57 Å². The van der Waals surface area contributed by atoms with Gasteiger partial charge in [-0.15, -0.1) is 0 Å². The van der Waals surface area contributed by atoms with E-state index < -0.39 is 0 Å². The number of hydrogen-bond donors (Lipinski definition) is 2. The largest absolute Gasteiger partial charge is 0.326 e. The third-order valence-electron chi connectivity index (χ3n) is 3.49. The molecule has 0 radical (unpaired) electrons. The van der Waals surface area contributed by atoms with Gasteiger partial charge in [0.1, 0.15) is 0 Å². The molecule has 2 aromatic rings. The molecule has 4 heteroatoms. The van der Waals surface area contributed by atoms with Crippen molar-refractivity contribution in [1.29, 1.82) is 0 Å². The Hall–Kier alpha value is -1.55. The maximum atomic E-state index is 11.9. The molecule has 3 rings (SSSR count). The molecule has 2 heterocycles. The first kappa shape index (κ1) is 10.6. The van der Waals surface area contributed by atoms with Crippen molar-refractivity contribution < 1.29 is 0 Å². The Morgan fingerprint density at radius 2 is 2.35 bits per heavy atom. The van der Waals surface area contributed by atoms with Gasteiger partial charge in [0.25, 0.3) is 0 Å². The molecular formula is C13H17N3O. The molecule has 1 aromatic heterocycles. The highest BCUT2D eigenvalue weighted by molar-refractivity contribution is 5.75. The summed E-state index contributed by atoms with van der Waals surface area (Å²) < 4.78 is 1.84. The summed E-state index contributed by atoms with van der Waals surface area (Å²) in [5, 5.41) is 3.42. The van der Waals surface area contributed by atoms with Crippen LogP contribution in [0.2, 0.25) is 0 Å². The van der Waals surface area contributed by atoms with Gasteiger partial charge in [-0.1, -0.05) is 6.07 Å². The normalized spacial score (nSPS) is 20.2. The fourth-order valence-electron chi connectivity index (χ4n) is 2.59. The molecule has 0 bridgehead atoms. The summed E-state index contributed by atoms with van der Waals surface area (Å²) >= 11 is 0. The molecule has 1 aliphatic rings. The number of hydrogen-bond acceptors (Lipinski definition) is 2. The van der Waals surface area contributed by atoms with E-state index in [1.807, 2.05) is 29.7 Å². The van der Waals surface area contributed by atoms with E-state index in [1.165, 1.54) is 12.0 Å². The molecule has 1 aromatic carbocycles. The summed E-state index contributed by atoms with van der Waals surface area (Å²) in [6.45, 7) is 3.87. The van der Waals surface area contributed by atoms with Crippen LogP contribution in [0.4, 0.5) is 0 Å². The predicted octanol–water partition coefficient (Wildman–Crippen LogP) is 1.39. The lowest BCUT2D eigenvalue weighted by molar-refractivity contribution is 0.509. The van der Waals surface area contributed by atoms with Crippen molar-refractivity contribution in [3.8, 4) is 0 Å². The van der Waals surface area contributed by atoms with Crippen molar-refractivity contribution in [1.82, 2.24) is 14.9 Å². The standard InChI is InChI=1S/C13H17N3O/c1-9-4-5-12-11(7-9)15-13(17)16(12)8-10-3-2-6-14-10/h4-5,7,10,14H,2-3,6,8H2,1H3,(H,15,17). The van der Waals surface area contributed by atoms with E-state index in [9.17, 15) is 4.79 Å². The molecule has 17 heavy (non-hydrogen) atoms. The molecule has 0 aliphatic carbocycles. The summed E-state index contributed by atoms with van der Waals surface area (Å²) in [6, 6.07) is 6.54. The van der Waals surface area contributed by atoms with E-state index in [0.29, 0.717) is 6.04 Å². The van der Waals surface area contributed by atoms with Gasteiger partial charge >= 0.3 is 5.69 Å². The molecule has 1 atom stereocenters. The van der Waals surface area contributed by atoms with Crippen LogP contribution in [0, 0.1) is 6.92 Å². The van der Waals surface area contributed by atoms with E-state index in [0.717, 1.165) is 30.5 Å². The van der Waals surface area contributed by atoms with Gasteiger partial charge < -0.3 is 10.3 Å². The Bertz CT molecular complexity index is 590. The predicted molar refractivity (Wildman–Crippen MR) is 68.3 cm³/mol. The zero-order chi connectivity index (χ0) is 11.8. The fourth-order valence-corrected chi connectivity index (χ4v) is 2.59. The number of aromatic nitrogens is 2. The number of nitrogens with zero attached hydrogens (tertiary/aromatic N) is 1. The lowest BCUT2D eigenvalue weighted by atomic mass is 10.2. The van der Waals surface area contributed by atoms with Crippen LogP contribution >= 0.6 is 0 Å². The Morgan fingerprint density at radius 1 is 1.47 bits per heavy atom. The average Bonchev–Trinajstić information content (AvgIpc) is 2.88. The van der Waals surface area contributed by atoms with Gasteiger partial charge in [0.2, 0.25) is 0 Å². The smallest absolute Gasteiger partial charge is 0.312 e. The number of imidazole rings is 1. The van der Waals surface area contributed by atoms with E-state index >= 15 is 0 Å². The molecule has 1 aliphatic heterocycles. The topological polar surface area (TPSA) is 49.8 Å². The second-order valence-electron chi connectivity index (χ2n) is 4.85. The van der Waals surface area contributed by atoms with Crippen LogP contribution in [0.25, 0.3) is 11.0 Å². The Balaban J connectivity index is 2.02. The highest BCUT2D eigenvalue weighted by Crippen LogP contribution is 2.14. The molecule has 2 N–H and O–H groups in total. The van der Waals surface area contributed by atoms with Crippen LogP contribution < -0.4 is 11.0 Å². The molecule has 0 saturated carbocycles. The first-order valence-electron chi connectivity index (χ1n) is 6.16. The van der Waals surface area contributed by atoms with Crippen molar-refractivity contribution in [3.05, 3.63) is 34.2 Å². The lowest BCUT2D eigenvalue weighted by Gasteiger charge is -2.10. The van der Waals surface area contributed by atoms with Crippen molar-refractivity contribution >= 4 is 11.0 Å². The zero-order valence-electron chi connectivity index (χ0n) is 9.99. The first-order valence-corrected chi connectivity index (χ1v) is 6.16. The van der Waals surface area contributed by atoms with Gasteiger partial charge in [-0.25, -0.2) is 4.79 Å². The minimum absolute atomic E-state index is 0.000648. The van der Waals surface area contributed by atoms with Crippen molar-refractivity contribution in [2.24, 2.45) is 0 Å². The van der Waals surface area contributed by atoms with E-state index in [-0.39, 0.29) is 5.69 Å². The van der Waals surface area contributed by atoms with E-state index in [1.54, 1.807) is 0 Å². The van der Waals surface area contributed by atoms with Crippen molar-refractivity contribution in [3.63, 3.8) is 0 Å². The van der Waals surface area contributed by atoms with Crippen molar-refractivity contribution in [2.45, 2.75) is 32.4 Å². The maximum Gasteiger partial charge on any atom is 0.326 e. The van der Waals surface area contributed by atoms with Gasteiger partial charge in [0.15, 0.2) is 0 Å². The van der Waals surface area contributed by atoms with E-state index in [4.69, 9.17) is 0 Å². The van der Waals surface area contributed by atoms with Crippen LogP contribution in [-0.2, 0) is 6.54 Å². The quantitative estimate of drug-likeness (QED) is 0.820. The second kappa shape index (κ2) is 4.04. The van der Waals surface area contributed by atoms with Crippen LogP contribution in [0.1, 0.15) is 18.4 Å². The Labute approximate surface area is 99.6 Å². The molecule has 1 unspecified atom stereocenters. The van der Waals surface area contributed by atoms with Gasteiger partial charge in [0.05, 0.1) is 11.0 Å². The number of rotatable bonds is 2. The minimum atomic E-state index is -0.000648. The monoisotopic (exact) mass is 231 g/mol. The number of aromatic amines is 1. The zero-order valence-corrected chi connectivity index (χ0v) is 9.99. The number of nitrogens with one attached hydrogen (secondary N) is 2. The highest BCUT2D eigenvalue weighted by atomic mass is 16.1. The molecule has 1 fully saturated rings. The third-order valence-corrected chi connectivity index (χ3v) is 3.49. The summed E-state index contributed by atoms with van der Waals surface area (Å²) in [5.74, 6) is 0. The van der Waals surface area contributed by atoms with Gasteiger partial charge in [-0.2, -0.15) is 0 Å². The summed E-state index contributed by atoms with van der Waals surface area (Å²) in [7, 11) is 0.